The van der Waals surface area contributed by atoms with Crippen LogP contribution in [0.2, 0.25) is 0 Å². The maximum Gasteiger partial charge on any atom is 0.251 e. The van der Waals surface area contributed by atoms with Crippen LogP contribution >= 0.6 is 0 Å². The molecule has 2 N–H and O–H groups in total. The fourth-order valence-corrected chi connectivity index (χ4v) is 1.53. The van der Waals surface area contributed by atoms with E-state index in [0.717, 1.165) is 6.54 Å². The second kappa shape index (κ2) is 5.21. The molecule has 0 bridgehead atoms. The van der Waals surface area contributed by atoms with Crippen molar-refractivity contribution in [3.05, 3.63) is 54.4 Å². The third kappa shape index (κ3) is 3.11. The monoisotopic (exact) mass is 230 g/mol. The lowest BCUT2D eigenvalue weighted by atomic mass is 10.2. The number of hydrogen-bond acceptors (Lipinski definition) is 2. The number of rotatable bonds is 4. The van der Waals surface area contributed by atoms with E-state index in [9.17, 15) is 4.79 Å². The minimum absolute atomic E-state index is 0.128. The van der Waals surface area contributed by atoms with E-state index >= 15 is 0 Å². The maximum atomic E-state index is 11.7. The van der Waals surface area contributed by atoms with Crippen molar-refractivity contribution in [2.75, 3.05) is 6.54 Å². The summed E-state index contributed by atoms with van der Waals surface area (Å²) in [6, 6.07) is 10.1. The Hall–Kier alpha value is -2.23. The Labute approximate surface area is 99.5 Å². The summed E-state index contributed by atoms with van der Waals surface area (Å²) in [5.41, 5.74) is 0.551. The van der Waals surface area contributed by atoms with E-state index in [-0.39, 0.29) is 11.7 Å². The largest absolute Gasteiger partial charge is 0.508 e. The van der Waals surface area contributed by atoms with Gasteiger partial charge >= 0.3 is 0 Å². The minimum Gasteiger partial charge on any atom is -0.508 e. The summed E-state index contributed by atoms with van der Waals surface area (Å²) in [6.07, 6.45) is 3.90. The lowest BCUT2D eigenvalue weighted by Gasteiger charge is -2.06. The number of phenols is 1. The third-order valence-corrected chi connectivity index (χ3v) is 2.45. The Balaban J connectivity index is 1.83. The van der Waals surface area contributed by atoms with Crippen molar-refractivity contribution in [2.24, 2.45) is 0 Å². The van der Waals surface area contributed by atoms with Crippen molar-refractivity contribution in [1.29, 1.82) is 0 Å². The molecule has 0 atom stereocenters. The van der Waals surface area contributed by atoms with Gasteiger partial charge in [-0.2, -0.15) is 0 Å². The molecule has 0 aliphatic rings. The van der Waals surface area contributed by atoms with Crippen molar-refractivity contribution in [3.8, 4) is 5.75 Å². The first-order valence-electron chi connectivity index (χ1n) is 5.44. The van der Waals surface area contributed by atoms with Gasteiger partial charge in [0.15, 0.2) is 0 Å². The summed E-state index contributed by atoms with van der Waals surface area (Å²) in [5.74, 6) is 0.0334. The molecule has 0 aliphatic carbocycles. The zero-order chi connectivity index (χ0) is 12.1. The molecule has 0 saturated carbocycles. The molecular formula is C13H14N2O2. The van der Waals surface area contributed by atoms with Gasteiger partial charge in [-0.1, -0.05) is 0 Å². The SMILES string of the molecule is O=C(NCCn1cccc1)c1ccc(O)cc1. The van der Waals surface area contributed by atoms with E-state index in [1.54, 1.807) is 12.1 Å². The lowest BCUT2D eigenvalue weighted by Crippen LogP contribution is -2.26. The molecule has 0 unspecified atom stereocenters. The van der Waals surface area contributed by atoms with Crippen molar-refractivity contribution in [3.63, 3.8) is 0 Å². The fourth-order valence-electron chi connectivity index (χ4n) is 1.53. The van der Waals surface area contributed by atoms with Gasteiger partial charge in [0, 0.05) is 31.0 Å². The molecule has 1 aromatic carbocycles. The number of carbonyl (C=O) groups excluding carboxylic acids is 1. The Morgan fingerprint density at radius 1 is 1.18 bits per heavy atom. The summed E-state index contributed by atoms with van der Waals surface area (Å²) in [5, 5.41) is 11.9. The Kier molecular flexibility index (Phi) is 3.45. The first-order chi connectivity index (χ1) is 8.25. The second-order valence-electron chi connectivity index (χ2n) is 3.72. The number of phenolic OH excluding ortho intramolecular Hbond substituents is 1. The van der Waals surface area contributed by atoms with Gasteiger partial charge in [-0.05, 0) is 36.4 Å². The van der Waals surface area contributed by atoms with E-state index in [0.29, 0.717) is 12.1 Å². The molecule has 88 valence electrons. The van der Waals surface area contributed by atoms with Crippen molar-refractivity contribution >= 4 is 5.91 Å². The van der Waals surface area contributed by atoms with Crippen LogP contribution in [-0.4, -0.2) is 22.1 Å². The first kappa shape index (κ1) is 11.3. The second-order valence-corrected chi connectivity index (χ2v) is 3.72. The number of carbonyl (C=O) groups is 1. The van der Waals surface area contributed by atoms with E-state index in [1.165, 1.54) is 12.1 Å². The molecule has 0 aliphatic heterocycles. The predicted molar refractivity (Wildman–Crippen MR) is 64.9 cm³/mol. The Morgan fingerprint density at radius 3 is 2.47 bits per heavy atom. The number of hydrogen-bond donors (Lipinski definition) is 2. The Morgan fingerprint density at radius 2 is 1.82 bits per heavy atom. The van der Waals surface area contributed by atoms with Crippen molar-refractivity contribution in [2.45, 2.75) is 6.54 Å². The summed E-state index contributed by atoms with van der Waals surface area (Å²) in [7, 11) is 0. The number of benzene rings is 1. The van der Waals surface area contributed by atoms with E-state index in [2.05, 4.69) is 5.32 Å². The smallest absolute Gasteiger partial charge is 0.251 e. The van der Waals surface area contributed by atoms with Crippen molar-refractivity contribution in [1.82, 2.24) is 9.88 Å². The number of amides is 1. The zero-order valence-corrected chi connectivity index (χ0v) is 9.34. The highest BCUT2D eigenvalue weighted by molar-refractivity contribution is 5.94. The van der Waals surface area contributed by atoms with Crippen LogP contribution in [-0.2, 0) is 6.54 Å². The third-order valence-electron chi connectivity index (χ3n) is 2.45. The standard InChI is InChI=1S/C13H14N2O2/c16-12-5-3-11(4-6-12)13(17)14-7-10-15-8-1-2-9-15/h1-6,8-9,16H,7,10H2,(H,14,17). The minimum atomic E-state index is -0.128. The molecule has 4 heteroatoms. The van der Waals surface area contributed by atoms with Gasteiger partial charge in [-0.3, -0.25) is 4.79 Å². The topological polar surface area (TPSA) is 54.3 Å². The molecular weight excluding hydrogens is 216 g/mol. The lowest BCUT2D eigenvalue weighted by molar-refractivity contribution is 0.0952. The molecule has 4 nitrogen and oxygen atoms in total. The first-order valence-corrected chi connectivity index (χ1v) is 5.44. The van der Waals surface area contributed by atoms with Gasteiger partial charge in [-0.25, -0.2) is 0 Å². The van der Waals surface area contributed by atoms with Crippen molar-refractivity contribution < 1.29 is 9.90 Å². The molecule has 2 aromatic rings. The van der Waals surface area contributed by atoms with Gasteiger partial charge in [0.2, 0.25) is 0 Å². The molecule has 0 radical (unpaired) electrons. The average molecular weight is 230 g/mol. The van der Waals surface area contributed by atoms with Crippen LogP contribution in [0.4, 0.5) is 0 Å². The highest BCUT2D eigenvalue weighted by Crippen LogP contribution is 2.09. The summed E-state index contributed by atoms with van der Waals surface area (Å²) in [4.78, 5) is 11.7. The van der Waals surface area contributed by atoms with Gasteiger partial charge in [0.1, 0.15) is 5.75 Å². The number of nitrogens with zero attached hydrogens (tertiary/aromatic N) is 1. The molecule has 17 heavy (non-hydrogen) atoms. The normalized spacial score (nSPS) is 10.1. The van der Waals surface area contributed by atoms with Crippen LogP contribution < -0.4 is 5.32 Å². The highest BCUT2D eigenvalue weighted by atomic mass is 16.3. The van der Waals surface area contributed by atoms with Crippen LogP contribution in [0.25, 0.3) is 0 Å². The number of aromatic hydroxyl groups is 1. The maximum absolute atomic E-state index is 11.7. The molecule has 0 spiro atoms. The van der Waals surface area contributed by atoms with Crippen LogP contribution in [0.5, 0.6) is 5.75 Å². The zero-order valence-electron chi connectivity index (χ0n) is 9.34. The number of nitrogens with one attached hydrogen (secondary N) is 1. The molecule has 0 fully saturated rings. The number of aromatic nitrogens is 1. The summed E-state index contributed by atoms with van der Waals surface area (Å²) < 4.78 is 2.00. The predicted octanol–water partition coefficient (Wildman–Crippen LogP) is 1.62. The quantitative estimate of drug-likeness (QED) is 0.838. The van der Waals surface area contributed by atoms with Gasteiger partial charge < -0.3 is 15.0 Å². The molecule has 0 saturated heterocycles. The van der Waals surface area contributed by atoms with Crippen LogP contribution in [0, 0.1) is 0 Å². The van der Waals surface area contributed by atoms with E-state index in [4.69, 9.17) is 5.11 Å². The van der Waals surface area contributed by atoms with Crippen LogP contribution in [0.15, 0.2) is 48.8 Å². The average Bonchev–Trinajstić information content (AvgIpc) is 2.83. The van der Waals surface area contributed by atoms with Crippen LogP contribution in [0.1, 0.15) is 10.4 Å². The van der Waals surface area contributed by atoms with Crippen LogP contribution in [0.3, 0.4) is 0 Å². The van der Waals surface area contributed by atoms with E-state index < -0.39 is 0 Å². The molecule has 1 aromatic heterocycles. The van der Waals surface area contributed by atoms with E-state index in [1.807, 2.05) is 29.1 Å². The summed E-state index contributed by atoms with van der Waals surface area (Å²) >= 11 is 0. The molecule has 2 rings (SSSR count). The highest BCUT2D eigenvalue weighted by Gasteiger charge is 2.03. The summed E-state index contributed by atoms with van der Waals surface area (Å²) in [6.45, 7) is 1.32. The fraction of sp³-hybridized carbons (Fsp3) is 0.154. The molecule has 1 heterocycles. The van der Waals surface area contributed by atoms with Gasteiger partial charge in [0.25, 0.3) is 5.91 Å². The van der Waals surface area contributed by atoms with Gasteiger partial charge in [-0.15, -0.1) is 0 Å². The molecule has 1 amide bonds. The van der Waals surface area contributed by atoms with Gasteiger partial charge in [0.05, 0.1) is 0 Å². The Bertz CT molecular complexity index is 475.